The van der Waals surface area contributed by atoms with Crippen molar-refractivity contribution in [1.29, 1.82) is 0 Å². The van der Waals surface area contributed by atoms with Gasteiger partial charge in [0.15, 0.2) is 0 Å². The van der Waals surface area contributed by atoms with Gasteiger partial charge in [-0.25, -0.2) is 4.79 Å². The van der Waals surface area contributed by atoms with E-state index in [1.54, 1.807) is 40.9 Å². The lowest BCUT2D eigenvalue weighted by Crippen LogP contribution is -2.53. The van der Waals surface area contributed by atoms with Gasteiger partial charge in [0.1, 0.15) is 5.75 Å². The fraction of sp³-hybridized carbons (Fsp3) is 0.550. The third-order valence-corrected chi connectivity index (χ3v) is 4.71. The molecule has 1 aliphatic heterocycles. The van der Waals surface area contributed by atoms with E-state index in [1.165, 1.54) is 0 Å². The number of nitrogens with zero attached hydrogens (tertiary/aromatic N) is 3. The highest BCUT2D eigenvalue weighted by Gasteiger charge is 2.26. The molecule has 0 aliphatic carbocycles. The maximum Gasteiger partial charge on any atom is 0.409 e. The number of amides is 3. The fourth-order valence-electron chi connectivity index (χ4n) is 3.06. The summed E-state index contributed by atoms with van der Waals surface area (Å²) in [4.78, 5) is 41.9. The third-order valence-electron chi connectivity index (χ3n) is 4.71. The molecule has 0 radical (unpaired) electrons. The smallest absolute Gasteiger partial charge is 0.409 e. The van der Waals surface area contributed by atoms with E-state index in [2.05, 4.69) is 5.32 Å². The number of hydrogen-bond donors (Lipinski definition) is 1. The van der Waals surface area contributed by atoms with Crippen molar-refractivity contribution < 1.29 is 23.9 Å². The normalized spacial score (nSPS) is 13.9. The summed E-state index contributed by atoms with van der Waals surface area (Å²) in [6.45, 7) is 6.64. The van der Waals surface area contributed by atoms with Crippen LogP contribution in [-0.4, -0.2) is 92.1 Å². The van der Waals surface area contributed by atoms with E-state index in [1.807, 2.05) is 19.1 Å². The van der Waals surface area contributed by atoms with Crippen LogP contribution in [0.1, 0.15) is 13.8 Å². The van der Waals surface area contributed by atoms with E-state index < -0.39 is 0 Å². The summed E-state index contributed by atoms with van der Waals surface area (Å²) in [5.74, 6) is 0.316. The summed E-state index contributed by atoms with van der Waals surface area (Å²) in [7, 11) is 1.55. The molecule has 1 aromatic carbocycles. The highest BCUT2D eigenvalue weighted by molar-refractivity contribution is 5.94. The number of benzene rings is 1. The zero-order valence-electron chi connectivity index (χ0n) is 17.3. The number of nitrogens with one attached hydrogen (secondary N) is 1. The van der Waals surface area contributed by atoms with Crippen molar-refractivity contribution in [1.82, 2.24) is 14.7 Å². The van der Waals surface area contributed by atoms with Crippen LogP contribution in [-0.2, 0) is 14.3 Å². The summed E-state index contributed by atoms with van der Waals surface area (Å²) in [5, 5.41) is 2.82. The molecule has 29 heavy (non-hydrogen) atoms. The van der Waals surface area contributed by atoms with Crippen molar-refractivity contribution in [3.05, 3.63) is 24.3 Å². The Balaban J connectivity index is 1.82. The topological polar surface area (TPSA) is 91.4 Å². The van der Waals surface area contributed by atoms with Gasteiger partial charge in [-0.1, -0.05) is 19.1 Å². The highest BCUT2D eigenvalue weighted by atomic mass is 16.6. The molecule has 2 rings (SSSR count). The van der Waals surface area contributed by atoms with Gasteiger partial charge in [-0.15, -0.1) is 0 Å². The van der Waals surface area contributed by atoms with E-state index in [0.717, 1.165) is 0 Å². The summed E-state index contributed by atoms with van der Waals surface area (Å²) in [6.07, 6.45) is -0.345. The molecule has 1 fully saturated rings. The van der Waals surface area contributed by atoms with E-state index >= 15 is 0 Å². The molecule has 0 saturated carbocycles. The van der Waals surface area contributed by atoms with Gasteiger partial charge in [-0.3, -0.25) is 14.5 Å². The Hall–Kier alpha value is -2.81. The number of piperazine rings is 1. The van der Waals surface area contributed by atoms with Crippen molar-refractivity contribution in [2.24, 2.45) is 0 Å². The van der Waals surface area contributed by atoms with Crippen molar-refractivity contribution in [3.63, 3.8) is 0 Å². The lowest BCUT2D eigenvalue weighted by Gasteiger charge is -2.35. The van der Waals surface area contributed by atoms with Gasteiger partial charge in [0, 0.05) is 26.2 Å². The first kappa shape index (κ1) is 22.5. The van der Waals surface area contributed by atoms with Crippen LogP contribution in [0.2, 0.25) is 0 Å². The monoisotopic (exact) mass is 406 g/mol. The molecule has 0 unspecified atom stereocenters. The van der Waals surface area contributed by atoms with Gasteiger partial charge >= 0.3 is 6.09 Å². The maximum atomic E-state index is 12.6. The molecule has 1 heterocycles. The van der Waals surface area contributed by atoms with Crippen LogP contribution in [0, 0.1) is 0 Å². The Morgan fingerprint density at radius 2 is 1.69 bits per heavy atom. The number of ether oxygens (including phenoxy) is 2. The molecular formula is C20H30N4O5. The minimum Gasteiger partial charge on any atom is -0.495 e. The quantitative estimate of drug-likeness (QED) is 0.699. The second-order valence-electron chi connectivity index (χ2n) is 6.62. The number of para-hydroxylation sites is 2. The SMILES string of the molecule is CCOC(=O)N1CCN(C(=O)CN(CC)CC(=O)Nc2ccccc2OC)CC1. The van der Waals surface area contributed by atoms with Crippen LogP contribution >= 0.6 is 0 Å². The summed E-state index contributed by atoms with van der Waals surface area (Å²) >= 11 is 0. The third kappa shape index (κ3) is 6.63. The van der Waals surface area contributed by atoms with Crippen LogP contribution in [0.3, 0.4) is 0 Å². The number of rotatable bonds is 8. The average Bonchev–Trinajstić information content (AvgIpc) is 2.73. The first-order valence-corrected chi connectivity index (χ1v) is 9.83. The van der Waals surface area contributed by atoms with E-state index in [-0.39, 0.29) is 31.0 Å². The Labute approximate surface area is 171 Å². The summed E-state index contributed by atoms with van der Waals surface area (Å²) in [6, 6.07) is 7.18. The number of anilines is 1. The number of carbonyl (C=O) groups excluding carboxylic acids is 3. The van der Waals surface area contributed by atoms with Gasteiger partial charge in [0.05, 0.1) is 32.5 Å². The number of likely N-dealkylation sites (N-methyl/N-ethyl adjacent to an activating group) is 1. The molecular weight excluding hydrogens is 376 g/mol. The van der Waals surface area contributed by atoms with Crippen LogP contribution in [0.25, 0.3) is 0 Å². The molecule has 0 bridgehead atoms. The van der Waals surface area contributed by atoms with Crippen molar-refractivity contribution in [2.75, 3.05) is 64.8 Å². The number of carbonyl (C=O) groups is 3. The first-order chi connectivity index (χ1) is 14.0. The minimum absolute atomic E-state index is 0.0551. The van der Waals surface area contributed by atoms with Crippen LogP contribution < -0.4 is 10.1 Å². The van der Waals surface area contributed by atoms with Crippen molar-refractivity contribution in [2.45, 2.75) is 13.8 Å². The van der Waals surface area contributed by atoms with Crippen LogP contribution in [0.4, 0.5) is 10.5 Å². The molecule has 1 saturated heterocycles. The average molecular weight is 406 g/mol. The largest absolute Gasteiger partial charge is 0.495 e. The molecule has 3 amide bonds. The molecule has 0 spiro atoms. The Morgan fingerprint density at radius 3 is 2.31 bits per heavy atom. The van der Waals surface area contributed by atoms with Gasteiger partial charge in [-0.05, 0) is 25.6 Å². The molecule has 0 atom stereocenters. The van der Waals surface area contributed by atoms with E-state index in [0.29, 0.717) is 50.8 Å². The minimum atomic E-state index is -0.345. The fourth-order valence-corrected chi connectivity index (χ4v) is 3.06. The van der Waals surface area contributed by atoms with Gasteiger partial charge < -0.3 is 24.6 Å². The second kappa shape index (κ2) is 11.3. The van der Waals surface area contributed by atoms with Crippen LogP contribution in [0.5, 0.6) is 5.75 Å². The lowest BCUT2D eigenvalue weighted by atomic mass is 10.3. The number of methoxy groups -OCH3 is 1. The van der Waals surface area contributed by atoms with Crippen molar-refractivity contribution >= 4 is 23.6 Å². The van der Waals surface area contributed by atoms with Gasteiger partial charge in [0.25, 0.3) is 0 Å². The van der Waals surface area contributed by atoms with Gasteiger partial charge in [0.2, 0.25) is 11.8 Å². The molecule has 1 N–H and O–H groups in total. The molecule has 0 aromatic heterocycles. The maximum absolute atomic E-state index is 12.6. The number of hydrogen-bond acceptors (Lipinski definition) is 6. The molecule has 1 aromatic rings. The van der Waals surface area contributed by atoms with Crippen molar-refractivity contribution in [3.8, 4) is 5.75 Å². The summed E-state index contributed by atoms with van der Waals surface area (Å²) in [5.41, 5.74) is 0.595. The summed E-state index contributed by atoms with van der Waals surface area (Å²) < 4.78 is 10.2. The Morgan fingerprint density at radius 1 is 1.03 bits per heavy atom. The standard InChI is InChI=1S/C20H30N4O5/c1-4-22(14-18(25)21-16-8-6-7-9-17(16)28-3)15-19(26)23-10-12-24(13-11-23)20(27)29-5-2/h6-9H,4-5,10-15H2,1-3H3,(H,21,25). The van der Waals surface area contributed by atoms with Gasteiger partial charge in [-0.2, -0.15) is 0 Å². The predicted octanol–water partition coefficient (Wildman–Crippen LogP) is 1.26. The van der Waals surface area contributed by atoms with E-state index in [4.69, 9.17) is 9.47 Å². The molecule has 1 aliphatic rings. The van der Waals surface area contributed by atoms with Crippen LogP contribution in [0.15, 0.2) is 24.3 Å². The molecule has 9 nitrogen and oxygen atoms in total. The predicted molar refractivity (Wildman–Crippen MR) is 109 cm³/mol. The zero-order chi connectivity index (χ0) is 21.2. The lowest BCUT2D eigenvalue weighted by molar-refractivity contribution is -0.134. The second-order valence-corrected chi connectivity index (χ2v) is 6.62. The Bertz CT molecular complexity index is 704. The highest BCUT2D eigenvalue weighted by Crippen LogP contribution is 2.22. The first-order valence-electron chi connectivity index (χ1n) is 9.83. The Kier molecular flexibility index (Phi) is 8.72. The molecule has 160 valence electrons. The molecule has 9 heteroatoms. The van der Waals surface area contributed by atoms with E-state index in [9.17, 15) is 14.4 Å². The zero-order valence-corrected chi connectivity index (χ0v) is 17.3.